The first-order valence-electron chi connectivity index (χ1n) is 7.57. The van der Waals surface area contributed by atoms with Gasteiger partial charge in [0.05, 0.1) is 24.3 Å². The van der Waals surface area contributed by atoms with Gasteiger partial charge in [0.25, 0.3) is 5.91 Å². The molecule has 2 aromatic rings. The van der Waals surface area contributed by atoms with Gasteiger partial charge in [-0.2, -0.15) is 13.2 Å². The molecule has 0 atom stereocenters. The molecule has 1 aliphatic heterocycles. The fourth-order valence-electron chi connectivity index (χ4n) is 2.31. The maximum Gasteiger partial charge on any atom is 0.416 e. The van der Waals surface area contributed by atoms with Gasteiger partial charge in [-0.25, -0.2) is 9.97 Å². The Kier molecular flexibility index (Phi) is 4.84. The minimum absolute atomic E-state index is 0.219. The molecule has 3 rings (SSSR count). The molecule has 0 bridgehead atoms. The van der Waals surface area contributed by atoms with Crippen molar-refractivity contribution in [3.8, 4) is 0 Å². The van der Waals surface area contributed by atoms with Gasteiger partial charge in [0.15, 0.2) is 0 Å². The lowest BCUT2D eigenvalue weighted by Gasteiger charge is -2.26. The third-order valence-electron chi connectivity index (χ3n) is 3.66. The summed E-state index contributed by atoms with van der Waals surface area (Å²) in [6, 6.07) is 4.22. The molecule has 6 nitrogen and oxygen atoms in total. The largest absolute Gasteiger partial charge is 0.416 e. The number of anilines is 2. The number of amides is 1. The molecule has 0 saturated carbocycles. The van der Waals surface area contributed by atoms with Gasteiger partial charge in [0, 0.05) is 31.2 Å². The van der Waals surface area contributed by atoms with Crippen LogP contribution in [0.4, 0.5) is 24.8 Å². The number of benzene rings is 1. The number of alkyl halides is 3. The number of hydrogen-bond acceptors (Lipinski definition) is 5. The molecule has 132 valence electrons. The zero-order chi connectivity index (χ0) is 17.9. The highest BCUT2D eigenvalue weighted by molar-refractivity contribution is 6.03. The molecule has 9 heteroatoms. The molecule has 1 aromatic heterocycles. The Labute approximate surface area is 141 Å². The van der Waals surface area contributed by atoms with Crippen LogP contribution in [0.1, 0.15) is 15.9 Å². The number of ether oxygens (including phenoxy) is 1. The summed E-state index contributed by atoms with van der Waals surface area (Å²) in [5, 5.41) is 2.52. The number of nitrogens with zero attached hydrogens (tertiary/aromatic N) is 3. The Hall–Kier alpha value is -2.68. The molecule has 1 aromatic carbocycles. The van der Waals surface area contributed by atoms with Crippen LogP contribution in [-0.2, 0) is 10.9 Å². The highest BCUT2D eigenvalue weighted by atomic mass is 19.4. The third kappa shape index (κ3) is 4.24. The second-order valence-electron chi connectivity index (χ2n) is 5.40. The van der Waals surface area contributed by atoms with Crippen molar-refractivity contribution in [1.29, 1.82) is 0 Å². The Morgan fingerprint density at radius 1 is 1.08 bits per heavy atom. The zero-order valence-corrected chi connectivity index (χ0v) is 13.1. The summed E-state index contributed by atoms with van der Waals surface area (Å²) in [6.45, 7) is 2.55. The molecule has 1 amide bonds. The lowest BCUT2D eigenvalue weighted by atomic mass is 10.2. The van der Waals surface area contributed by atoms with Crippen molar-refractivity contribution < 1.29 is 22.7 Å². The van der Waals surface area contributed by atoms with E-state index in [9.17, 15) is 18.0 Å². The Morgan fingerprint density at radius 2 is 1.68 bits per heavy atom. The van der Waals surface area contributed by atoms with Crippen LogP contribution in [0.2, 0.25) is 0 Å². The van der Waals surface area contributed by atoms with Crippen LogP contribution in [0.5, 0.6) is 0 Å². The summed E-state index contributed by atoms with van der Waals surface area (Å²) in [6.07, 6.45) is -1.64. The molecular formula is C16H15F3N4O2. The topological polar surface area (TPSA) is 67.4 Å². The molecule has 1 N–H and O–H groups in total. The average molecular weight is 352 g/mol. The predicted octanol–water partition coefficient (Wildman–Crippen LogP) is 2.58. The van der Waals surface area contributed by atoms with Gasteiger partial charge in [0.2, 0.25) is 5.95 Å². The number of rotatable bonds is 3. The monoisotopic (exact) mass is 352 g/mol. The van der Waals surface area contributed by atoms with Crippen LogP contribution < -0.4 is 10.2 Å². The summed E-state index contributed by atoms with van der Waals surface area (Å²) in [5.74, 6) is 0.0164. The maximum absolute atomic E-state index is 12.5. The first-order chi connectivity index (χ1) is 11.9. The molecule has 25 heavy (non-hydrogen) atoms. The van der Waals surface area contributed by atoms with E-state index in [1.54, 1.807) is 0 Å². The smallest absolute Gasteiger partial charge is 0.378 e. The molecule has 0 aliphatic carbocycles. The van der Waals surface area contributed by atoms with Crippen LogP contribution >= 0.6 is 0 Å². The minimum atomic E-state index is -4.41. The molecule has 1 aliphatic rings. The number of hydrogen-bond donors (Lipinski definition) is 1. The summed E-state index contributed by atoms with van der Waals surface area (Å²) in [5.41, 5.74) is -0.296. The van der Waals surface area contributed by atoms with Crippen molar-refractivity contribution in [1.82, 2.24) is 9.97 Å². The fourth-order valence-corrected chi connectivity index (χ4v) is 2.31. The summed E-state index contributed by atoms with van der Waals surface area (Å²) < 4.78 is 42.8. The molecule has 1 saturated heterocycles. The van der Waals surface area contributed by atoms with Crippen LogP contribution in [0, 0.1) is 0 Å². The van der Waals surface area contributed by atoms with E-state index in [4.69, 9.17) is 4.74 Å². The Bertz CT molecular complexity index is 727. The predicted molar refractivity (Wildman–Crippen MR) is 84.5 cm³/mol. The Morgan fingerprint density at radius 3 is 2.24 bits per heavy atom. The normalized spacial score (nSPS) is 15.1. The molecule has 0 radical (unpaired) electrons. The first-order valence-corrected chi connectivity index (χ1v) is 7.57. The molecule has 1 fully saturated rings. The van der Waals surface area contributed by atoms with Crippen LogP contribution in [0.15, 0.2) is 36.7 Å². The number of morpholine rings is 1. The lowest BCUT2D eigenvalue weighted by molar-refractivity contribution is -0.137. The highest BCUT2D eigenvalue weighted by Crippen LogP contribution is 2.29. The van der Waals surface area contributed by atoms with E-state index in [0.717, 1.165) is 12.1 Å². The van der Waals surface area contributed by atoms with E-state index < -0.39 is 17.6 Å². The van der Waals surface area contributed by atoms with Gasteiger partial charge in [-0.15, -0.1) is 0 Å². The maximum atomic E-state index is 12.5. The van der Waals surface area contributed by atoms with E-state index in [1.165, 1.54) is 24.5 Å². The number of aromatic nitrogens is 2. The van der Waals surface area contributed by atoms with E-state index in [0.29, 0.717) is 32.3 Å². The third-order valence-corrected chi connectivity index (χ3v) is 3.66. The first kappa shape index (κ1) is 17.2. The standard InChI is InChI=1S/C16H15F3N4O2/c17-16(18,19)12-1-3-13(4-2-12)22-14(24)11-9-20-15(21-10-11)23-5-7-25-8-6-23/h1-4,9-10H,5-8H2,(H,22,24). The number of carbonyl (C=O) groups excluding carboxylic acids is 1. The number of carbonyl (C=O) groups is 1. The molecular weight excluding hydrogens is 337 g/mol. The van der Waals surface area contributed by atoms with E-state index in [1.807, 2.05) is 4.90 Å². The van der Waals surface area contributed by atoms with E-state index >= 15 is 0 Å². The molecule has 2 heterocycles. The van der Waals surface area contributed by atoms with Gasteiger partial charge < -0.3 is 15.0 Å². The number of halogens is 3. The van der Waals surface area contributed by atoms with Gasteiger partial charge in [-0.1, -0.05) is 0 Å². The zero-order valence-electron chi connectivity index (χ0n) is 13.1. The molecule has 0 unspecified atom stereocenters. The average Bonchev–Trinajstić information content (AvgIpc) is 2.62. The van der Waals surface area contributed by atoms with Crippen molar-refractivity contribution in [3.05, 3.63) is 47.8 Å². The second-order valence-corrected chi connectivity index (χ2v) is 5.40. The second kappa shape index (κ2) is 7.06. The van der Waals surface area contributed by atoms with E-state index in [2.05, 4.69) is 15.3 Å². The lowest BCUT2D eigenvalue weighted by Crippen LogP contribution is -2.37. The number of nitrogens with one attached hydrogen (secondary N) is 1. The van der Waals surface area contributed by atoms with Crippen LogP contribution in [-0.4, -0.2) is 42.2 Å². The molecule has 0 spiro atoms. The quantitative estimate of drug-likeness (QED) is 0.920. The van der Waals surface area contributed by atoms with Gasteiger partial charge >= 0.3 is 6.18 Å². The summed E-state index contributed by atoms with van der Waals surface area (Å²) >= 11 is 0. The van der Waals surface area contributed by atoms with Crippen molar-refractivity contribution in [2.75, 3.05) is 36.5 Å². The SMILES string of the molecule is O=C(Nc1ccc(C(F)(F)F)cc1)c1cnc(N2CCOCC2)nc1. The van der Waals surface area contributed by atoms with Crippen molar-refractivity contribution >= 4 is 17.5 Å². The van der Waals surface area contributed by atoms with Gasteiger partial charge in [-0.3, -0.25) is 4.79 Å². The van der Waals surface area contributed by atoms with E-state index in [-0.39, 0.29) is 11.3 Å². The van der Waals surface area contributed by atoms with Crippen molar-refractivity contribution in [2.45, 2.75) is 6.18 Å². The van der Waals surface area contributed by atoms with Crippen LogP contribution in [0.25, 0.3) is 0 Å². The Balaban J connectivity index is 1.64. The van der Waals surface area contributed by atoms with Crippen molar-refractivity contribution in [3.63, 3.8) is 0 Å². The highest BCUT2D eigenvalue weighted by Gasteiger charge is 2.30. The summed E-state index contributed by atoms with van der Waals surface area (Å²) in [7, 11) is 0. The van der Waals surface area contributed by atoms with Crippen molar-refractivity contribution in [2.24, 2.45) is 0 Å². The van der Waals surface area contributed by atoms with Crippen LogP contribution in [0.3, 0.4) is 0 Å². The van der Waals surface area contributed by atoms with Gasteiger partial charge in [0.1, 0.15) is 0 Å². The van der Waals surface area contributed by atoms with Gasteiger partial charge in [-0.05, 0) is 24.3 Å². The fraction of sp³-hybridized carbons (Fsp3) is 0.312. The summed E-state index contributed by atoms with van der Waals surface area (Å²) in [4.78, 5) is 22.4. The minimum Gasteiger partial charge on any atom is -0.378 e.